The maximum Gasteiger partial charge on any atom is 0.364 e. The molecule has 12 N–H and O–H groups in total. The Kier molecular flexibility index (Phi) is 12.0. The van der Waals surface area contributed by atoms with Crippen LogP contribution in [0.5, 0.6) is 0 Å². The Morgan fingerprint density at radius 2 is 1.57 bits per heavy atom. The van der Waals surface area contributed by atoms with Crippen molar-refractivity contribution in [3.8, 4) is 0 Å². The topological polar surface area (TPSA) is 315 Å². The fraction of sp³-hybridized carbons (Fsp3) is 0.913. The van der Waals surface area contributed by atoms with Crippen molar-refractivity contribution in [2.24, 2.45) is 0 Å². The number of carboxylic acid groups (broad SMARTS) is 1. The molecule has 0 spiro atoms. The second-order valence-corrected chi connectivity index (χ2v) is 10.3. The van der Waals surface area contributed by atoms with Crippen molar-refractivity contribution >= 4 is 11.9 Å². The lowest BCUT2D eigenvalue weighted by Gasteiger charge is -2.49. The van der Waals surface area contributed by atoms with Crippen LogP contribution in [0, 0.1) is 0 Å². The molecule has 3 saturated heterocycles. The highest BCUT2D eigenvalue weighted by atomic mass is 16.8. The van der Waals surface area contributed by atoms with E-state index in [2.05, 4.69) is 5.32 Å². The van der Waals surface area contributed by atoms with Gasteiger partial charge in [0.1, 0.15) is 67.1 Å². The number of aliphatic carboxylic acids is 1. The normalized spacial score (nSPS) is 44.3. The summed E-state index contributed by atoms with van der Waals surface area (Å²) in [4.78, 5) is 24.2. The van der Waals surface area contributed by atoms with Crippen molar-refractivity contribution in [3.63, 3.8) is 0 Å². The predicted molar refractivity (Wildman–Crippen MR) is 129 cm³/mol. The van der Waals surface area contributed by atoms with E-state index in [4.69, 9.17) is 23.7 Å². The van der Waals surface area contributed by atoms with Crippen LogP contribution in [0.1, 0.15) is 19.8 Å². The number of aliphatic hydroxyl groups excluding tert-OH is 10. The summed E-state index contributed by atoms with van der Waals surface area (Å²) < 4.78 is 27.1. The summed E-state index contributed by atoms with van der Waals surface area (Å²) in [6.07, 6.45) is -24.5. The molecule has 0 radical (unpaired) electrons. The van der Waals surface area contributed by atoms with Gasteiger partial charge in [-0.25, -0.2) is 4.79 Å². The van der Waals surface area contributed by atoms with Gasteiger partial charge in [-0.05, 0) is 6.42 Å². The molecule has 1 amide bonds. The third-order valence-corrected chi connectivity index (χ3v) is 7.42. The van der Waals surface area contributed by atoms with Gasteiger partial charge in [0, 0.05) is 13.3 Å². The molecule has 0 bridgehead atoms. The number of carboxylic acids is 1. The molecule has 0 unspecified atom stereocenters. The van der Waals surface area contributed by atoms with Crippen LogP contribution in [0.4, 0.5) is 0 Å². The Morgan fingerprint density at radius 1 is 0.929 bits per heavy atom. The number of hydrogen-bond acceptors (Lipinski definition) is 17. The molecule has 19 heteroatoms. The molecule has 42 heavy (non-hydrogen) atoms. The number of amides is 1. The summed E-state index contributed by atoms with van der Waals surface area (Å²) in [6.45, 7) is -1.58. The first-order chi connectivity index (χ1) is 19.7. The molecule has 3 aliphatic rings. The van der Waals surface area contributed by atoms with Crippen LogP contribution in [0.2, 0.25) is 0 Å². The summed E-state index contributed by atoms with van der Waals surface area (Å²) >= 11 is 0. The summed E-state index contributed by atoms with van der Waals surface area (Å²) in [5, 5.41) is 114. The molecule has 3 fully saturated rings. The number of carbonyl (C=O) groups excluding carboxylic acids is 1. The van der Waals surface area contributed by atoms with Gasteiger partial charge in [0.25, 0.3) is 5.79 Å². The zero-order chi connectivity index (χ0) is 31.5. The van der Waals surface area contributed by atoms with E-state index >= 15 is 0 Å². The maximum absolute atomic E-state index is 12.5. The second-order valence-electron chi connectivity index (χ2n) is 10.3. The van der Waals surface area contributed by atoms with Gasteiger partial charge in [0.05, 0.1) is 25.9 Å². The van der Waals surface area contributed by atoms with Gasteiger partial charge in [0.15, 0.2) is 12.6 Å². The number of aliphatic hydroxyl groups is 10. The summed E-state index contributed by atoms with van der Waals surface area (Å²) in [5.41, 5.74) is 0. The Morgan fingerprint density at radius 3 is 2.12 bits per heavy atom. The number of rotatable bonds is 11. The Bertz CT molecular complexity index is 911. The Hall–Kier alpha value is -1.66. The molecular weight excluding hydrogens is 578 g/mol. The largest absolute Gasteiger partial charge is 0.477 e. The first-order valence-corrected chi connectivity index (χ1v) is 13.1. The average molecular weight is 618 g/mol. The van der Waals surface area contributed by atoms with E-state index in [9.17, 15) is 65.8 Å². The minimum Gasteiger partial charge on any atom is -0.477 e. The molecule has 0 saturated carbocycles. The quantitative estimate of drug-likeness (QED) is 0.102. The average Bonchev–Trinajstić information content (AvgIpc) is 2.95. The highest BCUT2D eigenvalue weighted by Crippen LogP contribution is 2.38. The molecule has 3 heterocycles. The number of carbonyl (C=O) groups is 2. The molecule has 0 aliphatic carbocycles. The molecule has 3 aliphatic heterocycles. The Balaban J connectivity index is 1.90. The van der Waals surface area contributed by atoms with Gasteiger partial charge < -0.3 is 85.2 Å². The smallest absolute Gasteiger partial charge is 0.364 e. The third kappa shape index (κ3) is 7.17. The van der Waals surface area contributed by atoms with Gasteiger partial charge in [-0.3, -0.25) is 4.79 Å². The van der Waals surface area contributed by atoms with E-state index in [0.717, 1.165) is 6.92 Å². The fourth-order valence-corrected chi connectivity index (χ4v) is 5.13. The lowest BCUT2D eigenvalue weighted by Crippen LogP contribution is -2.68. The van der Waals surface area contributed by atoms with Crippen LogP contribution in [0.25, 0.3) is 0 Å². The number of ether oxygens (including phenoxy) is 5. The minimum absolute atomic E-state index is 0.228. The van der Waals surface area contributed by atoms with E-state index < -0.39 is 130 Å². The van der Waals surface area contributed by atoms with E-state index in [-0.39, 0.29) is 6.42 Å². The van der Waals surface area contributed by atoms with E-state index in [1.54, 1.807) is 0 Å². The minimum atomic E-state index is -2.74. The van der Waals surface area contributed by atoms with Gasteiger partial charge in [-0.15, -0.1) is 0 Å². The summed E-state index contributed by atoms with van der Waals surface area (Å²) in [5.74, 6) is -5.14. The van der Waals surface area contributed by atoms with Crippen molar-refractivity contribution in [3.05, 3.63) is 0 Å². The van der Waals surface area contributed by atoms with Gasteiger partial charge in [0.2, 0.25) is 5.91 Å². The fourth-order valence-electron chi connectivity index (χ4n) is 5.13. The van der Waals surface area contributed by atoms with Crippen molar-refractivity contribution in [1.82, 2.24) is 5.32 Å². The van der Waals surface area contributed by atoms with E-state index in [1.165, 1.54) is 0 Å². The molecule has 0 aromatic heterocycles. The van der Waals surface area contributed by atoms with Crippen LogP contribution < -0.4 is 5.32 Å². The van der Waals surface area contributed by atoms with Crippen LogP contribution in [-0.4, -0.2) is 179 Å². The van der Waals surface area contributed by atoms with Crippen molar-refractivity contribution < 1.29 is 89.4 Å². The lowest BCUT2D eigenvalue weighted by molar-refractivity contribution is -0.381. The van der Waals surface area contributed by atoms with Gasteiger partial charge in [-0.2, -0.15) is 0 Å². The summed E-state index contributed by atoms with van der Waals surface area (Å²) in [6, 6.07) is -1.06. The molecule has 244 valence electrons. The first kappa shape index (κ1) is 34.8. The number of hydrogen-bond donors (Lipinski definition) is 12. The van der Waals surface area contributed by atoms with Crippen LogP contribution >= 0.6 is 0 Å². The van der Waals surface area contributed by atoms with E-state index in [0.29, 0.717) is 0 Å². The second kappa shape index (κ2) is 14.4. The zero-order valence-electron chi connectivity index (χ0n) is 22.4. The highest BCUT2D eigenvalue weighted by Gasteiger charge is 2.58. The van der Waals surface area contributed by atoms with Gasteiger partial charge in [-0.1, -0.05) is 0 Å². The molecule has 3 rings (SSSR count). The predicted octanol–water partition coefficient (Wildman–Crippen LogP) is -7.19. The SMILES string of the molecule is CC(=O)N[C@@H]1CC[C@](O[C@H]2[C@@H](O)[C@@H](CO)O[C@@H](O[C@H]3[C@H](O)[C@@H](O)[C@H](O)O[C@@H]3CO)[C@@H]2O)(C(=O)O)O[C@H]1[C@H](O)[C@H](O)CO. The molecular formula is C23H39NO18. The van der Waals surface area contributed by atoms with Crippen molar-refractivity contribution in [2.75, 3.05) is 19.8 Å². The monoisotopic (exact) mass is 617 g/mol. The Labute approximate surface area is 238 Å². The van der Waals surface area contributed by atoms with Gasteiger partial charge >= 0.3 is 5.97 Å². The summed E-state index contributed by atoms with van der Waals surface area (Å²) in [7, 11) is 0. The van der Waals surface area contributed by atoms with Crippen molar-refractivity contribution in [2.45, 2.75) is 111 Å². The standard InChI is InChI=1S/C23H39NO18/c1-7(28)24-8-2-3-23(22(36)37,41-17(8)12(30)9(29)4-25)42-19-13(31)10(5-26)39-21(16(19)34)40-18-11(6-27)38-20(35)15(33)14(18)32/h8-21,25-27,29-35H,2-6H2,1H3,(H,24,28)(H,36,37)/t8-,9-,10-,11-,12-,13+,14-,15-,16-,17-,18-,19+,20-,21+,23+/m1/s1. The maximum atomic E-state index is 12.5. The third-order valence-electron chi connectivity index (χ3n) is 7.42. The van der Waals surface area contributed by atoms with E-state index in [1.807, 2.05) is 0 Å². The highest BCUT2D eigenvalue weighted by molar-refractivity contribution is 5.76. The van der Waals surface area contributed by atoms with Crippen LogP contribution in [0.15, 0.2) is 0 Å². The molecule has 0 aromatic rings. The molecule has 15 atom stereocenters. The number of nitrogens with one attached hydrogen (secondary N) is 1. The van der Waals surface area contributed by atoms with Crippen LogP contribution in [-0.2, 0) is 33.3 Å². The lowest BCUT2D eigenvalue weighted by atomic mass is 9.90. The zero-order valence-corrected chi connectivity index (χ0v) is 22.4. The molecule has 0 aromatic carbocycles. The van der Waals surface area contributed by atoms with Crippen molar-refractivity contribution in [1.29, 1.82) is 0 Å². The molecule has 19 nitrogen and oxygen atoms in total. The first-order valence-electron chi connectivity index (χ1n) is 13.1. The van der Waals surface area contributed by atoms with Crippen LogP contribution in [0.3, 0.4) is 0 Å².